The number of phosphoric acid groups is 1. The molecule has 1 unspecified atom stereocenters. The lowest BCUT2D eigenvalue weighted by Crippen LogP contribution is -2.46. The van der Waals surface area contributed by atoms with E-state index in [2.05, 4.69) is 25.0 Å². The fourth-order valence-corrected chi connectivity index (χ4v) is 8.41. The van der Waals surface area contributed by atoms with E-state index in [1.54, 1.807) is 24.9 Å². The molecule has 0 amide bonds. The normalized spacial score (nSPS) is 20.2. The quantitative estimate of drug-likeness (QED) is 0.0897. The monoisotopic (exact) mass is 838 g/mol. The van der Waals surface area contributed by atoms with Crippen LogP contribution in [0.3, 0.4) is 0 Å². The lowest BCUT2D eigenvalue weighted by Gasteiger charge is -2.37. The molecule has 2 aliphatic heterocycles. The average molecular weight is 839 g/mol. The first-order valence-electron chi connectivity index (χ1n) is 19.7. The molecule has 5 atom stereocenters. The molecular formula is C40H49F2N8O8P. The summed E-state index contributed by atoms with van der Waals surface area (Å²) < 4.78 is 67.4. The second-order valence-corrected chi connectivity index (χ2v) is 16.1. The van der Waals surface area contributed by atoms with Crippen molar-refractivity contribution in [2.75, 3.05) is 49.2 Å². The Morgan fingerprint density at radius 2 is 1.58 bits per heavy atom. The van der Waals surface area contributed by atoms with E-state index >= 15 is 4.39 Å². The number of anilines is 2. The number of nitrogens with zero attached hydrogens (tertiary/aromatic N) is 8. The van der Waals surface area contributed by atoms with E-state index in [1.165, 1.54) is 34.0 Å². The molecule has 19 heteroatoms. The van der Waals surface area contributed by atoms with Crippen molar-refractivity contribution in [2.24, 2.45) is 5.92 Å². The molecule has 0 spiro atoms. The lowest BCUT2D eigenvalue weighted by atomic mass is 9.87. The smallest absolute Gasteiger partial charge is 0.471 e. The van der Waals surface area contributed by atoms with E-state index in [9.17, 15) is 23.5 Å². The van der Waals surface area contributed by atoms with Crippen LogP contribution in [0.1, 0.15) is 51.6 Å². The highest BCUT2D eigenvalue weighted by atomic mass is 31.2. The van der Waals surface area contributed by atoms with Crippen molar-refractivity contribution in [3.63, 3.8) is 0 Å². The zero-order chi connectivity index (χ0) is 41.7. The molecule has 0 saturated carbocycles. The molecule has 2 aromatic heterocycles. The van der Waals surface area contributed by atoms with E-state index in [0.717, 1.165) is 43.6 Å². The van der Waals surface area contributed by atoms with Crippen molar-refractivity contribution in [3.8, 4) is 11.4 Å². The van der Waals surface area contributed by atoms with Gasteiger partial charge in [0, 0.05) is 55.1 Å². The summed E-state index contributed by atoms with van der Waals surface area (Å²) >= 11 is 0. The highest BCUT2D eigenvalue weighted by molar-refractivity contribution is 7.46. The molecule has 2 saturated heterocycles. The van der Waals surface area contributed by atoms with Gasteiger partial charge in [0.2, 0.25) is 0 Å². The number of aromatic nitrogens is 6. The standard InChI is InChI=1S/C40H49F2N8O8P/c1-4-37(28(3)57-38(5-2)58-59(52,53)54)50-39(51)49(27-45-50)33-9-7-31(8-10-33)46-16-18-47(19-17-46)32-11-13-34(14-12-32)55-22-29-21-40(56-23-29,24-48-26-43-25-44-48)35-15-6-30(41)20-36(35)42/h6-15,20,25-29,37-38H,4-5,16-19,21-24H2,1-3H3,(H2,52,53,54)/t28-,29+,37-,38?,40-/m0/s1. The molecule has 0 radical (unpaired) electrons. The van der Waals surface area contributed by atoms with Crippen LogP contribution in [0.2, 0.25) is 0 Å². The summed E-state index contributed by atoms with van der Waals surface area (Å²) in [7, 11) is -4.75. The maximum Gasteiger partial charge on any atom is 0.471 e. The first kappa shape index (κ1) is 42.2. The Hall–Kier alpha value is -4.97. The summed E-state index contributed by atoms with van der Waals surface area (Å²) in [5, 5.41) is 8.53. The Morgan fingerprint density at radius 3 is 2.17 bits per heavy atom. The second kappa shape index (κ2) is 18.1. The molecule has 2 fully saturated rings. The minimum absolute atomic E-state index is 0.0351. The van der Waals surface area contributed by atoms with Crippen molar-refractivity contribution in [1.29, 1.82) is 0 Å². The molecular weight excluding hydrogens is 789 g/mol. The fourth-order valence-electron chi connectivity index (χ4n) is 7.90. The van der Waals surface area contributed by atoms with Crippen LogP contribution in [0.4, 0.5) is 20.2 Å². The molecule has 4 heterocycles. The van der Waals surface area contributed by atoms with Gasteiger partial charge in [-0.1, -0.05) is 19.9 Å². The molecule has 16 nitrogen and oxygen atoms in total. The predicted octanol–water partition coefficient (Wildman–Crippen LogP) is 5.44. The van der Waals surface area contributed by atoms with Gasteiger partial charge >= 0.3 is 13.5 Å². The molecule has 2 aliphatic rings. The number of hydrogen-bond donors (Lipinski definition) is 2. The van der Waals surface area contributed by atoms with E-state index < -0.39 is 43.5 Å². The van der Waals surface area contributed by atoms with Crippen LogP contribution < -0.4 is 20.2 Å². The summed E-state index contributed by atoms with van der Waals surface area (Å²) in [5.74, 6) is -0.635. The van der Waals surface area contributed by atoms with Gasteiger partial charge in [-0.05, 0) is 80.8 Å². The van der Waals surface area contributed by atoms with Gasteiger partial charge in [-0.25, -0.2) is 37.1 Å². The van der Waals surface area contributed by atoms with Crippen molar-refractivity contribution >= 4 is 19.2 Å². The Bertz CT molecular complexity index is 2250. The van der Waals surface area contributed by atoms with Gasteiger partial charge in [0.15, 0.2) is 6.29 Å². The Balaban J connectivity index is 0.909. The number of phosphoric ester groups is 1. The molecule has 0 bridgehead atoms. The Morgan fingerprint density at radius 1 is 0.915 bits per heavy atom. The summed E-state index contributed by atoms with van der Waals surface area (Å²) in [6.45, 7) is 9.42. The number of halogens is 2. The molecule has 2 N–H and O–H groups in total. The summed E-state index contributed by atoms with van der Waals surface area (Å²) in [6, 6.07) is 18.8. The number of hydrogen-bond acceptors (Lipinski definition) is 11. The van der Waals surface area contributed by atoms with Crippen LogP contribution in [0.25, 0.3) is 5.69 Å². The third kappa shape index (κ3) is 9.91. The zero-order valence-corrected chi connectivity index (χ0v) is 34.0. The van der Waals surface area contributed by atoms with Crippen LogP contribution in [0.5, 0.6) is 5.75 Å². The number of ether oxygens (including phenoxy) is 3. The second-order valence-electron chi connectivity index (χ2n) is 14.9. The van der Waals surface area contributed by atoms with Crippen molar-refractivity contribution in [2.45, 2.75) is 70.6 Å². The SMILES string of the molecule is CCC(O[C@@H](C)[C@H](CC)n1ncn(-c2ccc(N3CCN(c4ccc(OC[C@@H]5CO[C@@](Cn6cncn6)(c6ccc(F)cc6F)C5)cc4)CC3)cc2)c1=O)OP(=O)(O)O. The number of piperazine rings is 1. The molecule has 59 heavy (non-hydrogen) atoms. The minimum Gasteiger partial charge on any atom is -0.493 e. The highest BCUT2D eigenvalue weighted by Crippen LogP contribution is 2.42. The first-order valence-corrected chi connectivity index (χ1v) is 21.2. The van der Waals surface area contributed by atoms with Gasteiger partial charge in [0.25, 0.3) is 0 Å². The summed E-state index contributed by atoms with van der Waals surface area (Å²) in [6.07, 6.45) is 3.81. The van der Waals surface area contributed by atoms with Crippen LogP contribution in [0.15, 0.2) is 90.5 Å². The molecule has 3 aromatic carbocycles. The Labute approximate surface area is 340 Å². The van der Waals surface area contributed by atoms with Gasteiger partial charge in [-0.3, -0.25) is 4.52 Å². The molecule has 7 rings (SSSR count). The maximum absolute atomic E-state index is 15.0. The van der Waals surface area contributed by atoms with Gasteiger partial charge in [0.1, 0.15) is 42.0 Å². The largest absolute Gasteiger partial charge is 0.493 e. The van der Waals surface area contributed by atoms with E-state index in [0.29, 0.717) is 37.5 Å². The van der Waals surface area contributed by atoms with Crippen LogP contribution in [0, 0.1) is 17.6 Å². The predicted molar refractivity (Wildman–Crippen MR) is 213 cm³/mol. The molecule has 316 valence electrons. The first-order chi connectivity index (χ1) is 28.3. The topological polar surface area (TPSA) is 171 Å². The molecule has 0 aliphatic carbocycles. The van der Waals surface area contributed by atoms with E-state index in [1.807, 2.05) is 55.5 Å². The van der Waals surface area contributed by atoms with Gasteiger partial charge in [-0.15, -0.1) is 0 Å². The Kier molecular flexibility index (Phi) is 12.9. The third-order valence-corrected chi connectivity index (χ3v) is 11.4. The van der Waals surface area contributed by atoms with Crippen LogP contribution >= 0.6 is 7.82 Å². The zero-order valence-electron chi connectivity index (χ0n) is 33.1. The van der Waals surface area contributed by atoms with E-state index in [4.69, 9.17) is 18.7 Å². The van der Waals surface area contributed by atoms with Crippen LogP contribution in [-0.4, -0.2) is 90.7 Å². The average Bonchev–Trinajstić information content (AvgIpc) is 3.98. The minimum atomic E-state index is -4.75. The summed E-state index contributed by atoms with van der Waals surface area (Å²) in [5.41, 5.74) is 1.64. The lowest BCUT2D eigenvalue weighted by molar-refractivity contribution is -0.138. The molecule has 5 aromatic rings. The highest BCUT2D eigenvalue weighted by Gasteiger charge is 2.45. The van der Waals surface area contributed by atoms with Gasteiger partial charge in [-0.2, -0.15) is 10.2 Å². The third-order valence-electron chi connectivity index (χ3n) is 10.9. The number of rotatable bonds is 17. The fraction of sp³-hybridized carbons (Fsp3) is 0.450. The number of benzene rings is 3. The van der Waals surface area contributed by atoms with Crippen molar-refractivity contribution in [3.05, 3.63) is 113 Å². The van der Waals surface area contributed by atoms with Gasteiger partial charge in [0.05, 0.1) is 37.6 Å². The maximum atomic E-state index is 15.0. The van der Waals surface area contributed by atoms with Crippen molar-refractivity contribution in [1.82, 2.24) is 29.1 Å². The van der Waals surface area contributed by atoms with E-state index in [-0.39, 0.29) is 30.1 Å². The van der Waals surface area contributed by atoms with Crippen LogP contribution in [-0.2, 0) is 30.7 Å². The van der Waals surface area contributed by atoms with Gasteiger partial charge < -0.3 is 33.8 Å². The van der Waals surface area contributed by atoms with Crippen molar-refractivity contribution < 1.29 is 41.9 Å². The summed E-state index contributed by atoms with van der Waals surface area (Å²) in [4.78, 5) is 40.5.